The van der Waals surface area contributed by atoms with Gasteiger partial charge in [0.1, 0.15) is 10.0 Å². The van der Waals surface area contributed by atoms with Crippen LogP contribution in [0.25, 0.3) is 5.14 Å². The fraction of sp³-hybridized carbons (Fsp3) is 1.00. The number of sulfonamides is 1. The summed E-state index contributed by atoms with van der Waals surface area (Å²) in [5.74, 6) is -6.85. The Kier molecular flexibility index (Phi) is 4.78. The van der Waals surface area contributed by atoms with Crippen molar-refractivity contribution in [2.45, 2.75) is 17.4 Å². The predicted molar refractivity (Wildman–Crippen MR) is 28.2 cm³/mol. The monoisotopic (exact) mass is 254 g/mol. The van der Waals surface area contributed by atoms with Crippen molar-refractivity contribution in [1.82, 2.24) is 0 Å². The maximum absolute atomic E-state index is 11.9. The molecule has 12 heteroatoms. The first kappa shape index (κ1) is 17.4. The van der Waals surface area contributed by atoms with E-state index in [4.69, 9.17) is 5.14 Å². The van der Waals surface area contributed by atoms with Gasteiger partial charge in [-0.1, -0.05) is 0 Å². The van der Waals surface area contributed by atoms with Crippen molar-refractivity contribution in [3.8, 4) is 0 Å². The molecule has 0 fully saturated rings. The Morgan fingerprint density at radius 3 is 1.20 bits per heavy atom. The molecule has 0 N–H and O–H groups in total. The molecule has 0 aliphatic carbocycles. The molecule has 0 bridgehead atoms. The fourth-order valence-corrected chi connectivity index (χ4v) is 0.767. The number of hydrogen-bond donors (Lipinski definition) is 0. The number of nitrogens with zero attached hydrogens (tertiary/aromatic N) is 1. The van der Waals surface area contributed by atoms with Crippen LogP contribution in [0.3, 0.4) is 0 Å². The van der Waals surface area contributed by atoms with Gasteiger partial charge < -0.3 is 5.14 Å². The van der Waals surface area contributed by atoms with Gasteiger partial charge in [-0.2, -0.15) is 30.7 Å². The summed E-state index contributed by atoms with van der Waals surface area (Å²) in [5, 5.41) is 0.874. The molecule has 0 amide bonds. The van der Waals surface area contributed by atoms with Crippen LogP contribution in [0.4, 0.5) is 30.7 Å². The fourth-order valence-electron chi connectivity index (χ4n) is 0.327. The van der Waals surface area contributed by atoms with Gasteiger partial charge in [-0.05, 0) is 0 Å². The van der Waals surface area contributed by atoms with Crippen LogP contribution in [0.1, 0.15) is 0 Å². The minimum Gasteiger partial charge on any atom is -0.677 e. The molecule has 0 rings (SSSR count). The van der Waals surface area contributed by atoms with Gasteiger partial charge in [0.25, 0.3) is 0 Å². The van der Waals surface area contributed by atoms with Gasteiger partial charge in [-0.15, -0.1) is 0 Å². The first-order chi connectivity index (χ1) is 5.75. The second-order valence-corrected chi connectivity index (χ2v) is 3.53. The molecule has 0 heterocycles. The molecule has 0 atom stereocenters. The van der Waals surface area contributed by atoms with E-state index in [-0.39, 0.29) is 18.9 Å². The molecule has 0 saturated heterocycles. The van der Waals surface area contributed by atoms with Gasteiger partial charge in [-0.25, -0.2) is 8.42 Å². The number of hydrogen-bond acceptors (Lipinski definition) is 2. The first-order valence-corrected chi connectivity index (χ1v) is 3.98. The molecule has 85 valence electrons. The molecule has 0 aliphatic heterocycles. The summed E-state index contributed by atoms with van der Waals surface area (Å²) in [7, 11) is -6.85. The molecular weight excluding hydrogens is 254 g/mol. The van der Waals surface area contributed by atoms with Crippen molar-refractivity contribution in [3.05, 3.63) is 5.14 Å². The van der Waals surface area contributed by atoms with Crippen molar-refractivity contribution in [2.75, 3.05) is 0 Å². The van der Waals surface area contributed by atoms with Crippen molar-refractivity contribution in [1.29, 1.82) is 0 Å². The second kappa shape index (κ2) is 4.12. The Morgan fingerprint density at radius 1 is 0.867 bits per heavy atom. The zero-order valence-electron chi connectivity index (χ0n) is 6.82. The maximum Gasteiger partial charge on any atom is 1.00 e. The number of rotatable bonds is 2. The summed E-state index contributed by atoms with van der Waals surface area (Å²) in [4.78, 5) is 0. The SMILES string of the molecule is [Li+].[N-]S(=O)(=O)C(F)(F)C(F)(F)C(F)(F)F. The van der Waals surface area contributed by atoms with Gasteiger partial charge in [0.2, 0.25) is 0 Å². The van der Waals surface area contributed by atoms with E-state index in [0.29, 0.717) is 0 Å². The molecule has 0 saturated carbocycles. The van der Waals surface area contributed by atoms with Gasteiger partial charge in [0.15, 0.2) is 0 Å². The largest absolute Gasteiger partial charge is 1.00 e. The Balaban J connectivity index is 0. The van der Waals surface area contributed by atoms with Crippen molar-refractivity contribution < 1.29 is 58.0 Å². The molecule has 1 radical (unpaired) electrons. The third kappa shape index (κ3) is 2.77. The molecule has 0 aromatic heterocycles. The zero-order valence-corrected chi connectivity index (χ0v) is 7.63. The summed E-state index contributed by atoms with van der Waals surface area (Å²) in [5.41, 5.74) is 0. The van der Waals surface area contributed by atoms with Crippen molar-refractivity contribution in [3.63, 3.8) is 0 Å². The predicted octanol–water partition coefficient (Wildman–Crippen LogP) is -1.05. The molecule has 15 heavy (non-hydrogen) atoms. The molecular formula is C3F7LiNO2S. The van der Waals surface area contributed by atoms with E-state index >= 15 is 0 Å². The van der Waals surface area contributed by atoms with E-state index in [0.717, 1.165) is 0 Å². The Morgan fingerprint density at radius 2 is 1.13 bits per heavy atom. The number of alkyl halides is 7. The van der Waals surface area contributed by atoms with Crippen LogP contribution in [0.2, 0.25) is 0 Å². The third-order valence-corrected chi connectivity index (χ3v) is 1.95. The maximum atomic E-state index is 11.9. The Hall–Kier alpha value is 0.0174. The quantitative estimate of drug-likeness (QED) is 0.466. The van der Waals surface area contributed by atoms with Gasteiger partial charge in [-0.3, -0.25) is 0 Å². The first-order valence-electron chi connectivity index (χ1n) is 2.54. The summed E-state index contributed by atoms with van der Waals surface area (Å²) < 4.78 is 100. The Labute approximate surface area is 91.0 Å². The minimum atomic E-state index is -6.85. The van der Waals surface area contributed by atoms with Gasteiger partial charge >= 0.3 is 36.2 Å². The third-order valence-electron chi connectivity index (χ3n) is 1.05. The van der Waals surface area contributed by atoms with E-state index in [1.807, 2.05) is 0 Å². The van der Waals surface area contributed by atoms with E-state index in [1.54, 1.807) is 0 Å². The van der Waals surface area contributed by atoms with E-state index < -0.39 is 27.4 Å². The summed E-state index contributed by atoms with van der Waals surface area (Å²) in [6, 6.07) is 0. The smallest absolute Gasteiger partial charge is 0.677 e. The molecule has 0 aliphatic rings. The van der Waals surface area contributed by atoms with Crippen LogP contribution >= 0.6 is 0 Å². The summed E-state index contributed by atoms with van der Waals surface area (Å²) >= 11 is 0. The second-order valence-electron chi connectivity index (χ2n) is 2.06. The average molecular weight is 254 g/mol. The van der Waals surface area contributed by atoms with Gasteiger partial charge in [0, 0.05) is 0 Å². The van der Waals surface area contributed by atoms with Crippen LogP contribution in [-0.4, -0.2) is 25.8 Å². The van der Waals surface area contributed by atoms with Crippen LogP contribution in [0.15, 0.2) is 0 Å². The van der Waals surface area contributed by atoms with Crippen LogP contribution in [0, 0.1) is 0 Å². The van der Waals surface area contributed by atoms with E-state index in [1.165, 1.54) is 0 Å². The number of halogens is 7. The molecule has 0 aromatic rings. The standard InChI is InChI=1S/C3F7NO2S.Li/c4-1(5,2(6,7)8)3(9,10)14(11,12)13;/q-1;+1. The molecule has 3 nitrogen and oxygen atoms in total. The topological polar surface area (TPSA) is 56.4 Å². The van der Waals surface area contributed by atoms with Crippen molar-refractivity contribution in [2.24, 2.45) is 0 Å². The molecule has 0 spiro atoms. The summed E-state index contributed by atoms with van der Waals surface area (Å²) in [6.45, 7) is 0. The van der Waals surface area contributed by atoms with Crippen molar-refractivity contribution >= 4 is 10.0 Å². The van der Waals surface area contributed by atoms with Crippen LogP contribution in [-0.2, 0) is 10.0 Å². The van der Waals surface area contributed by atoms with E-state index in [9.17, 15) is 39.2 Å². The Bertz CT molecular complexity index is 322. The molecule has 0 aromatic carbocycles. The minimum absolute atomic E-state index is 0. The van der Waals surface area contributed by atoms with E-state index in [2.05, 4.69) is 0 Å². The van der Waals surface area contributed by atoms with Gasteiger partial charge in [0.05, 0.1) is 0 Å². The normalized spacial score (nSPS) is 14.7. The molecule has 0 unspecified atom stereocenters. The summed E-state index contributed by atoms with van der Waals surface area (Å²) in [6.07, 6.45) is -6.79. The average Bonchev–Trinajstić information content (AvgIpc) is 1.81. The van der Waals surface area contributed by atoms with Crippen LogP contribution in [0.5, 0.6) is 0 Å². The zero-order chi connectivity index (χ0) is 12.0. The van der Waals surface area contributed by atoms with Crippen LogP contribution < -0.4 is 18.9 Å².